The minimum Gasteiger partial charge on any atom is -0.394 e. The topological polar surface area (TPSA) is 46.0 Å². The lowest BCUT2D eigenvalue weighted by Crippen LogP contribution is -2.29. The number of aliphatic imine (C=N–C) groups is 1. The van der Waals surface area contributed by atoms with Crippen molar-refractivity contribution < 1.29 is 4.84 Å². The van der Waals surface area contributed by atoms with Crippen molar-refractivity contribution in [3.05, 3.63) is 0 Å². The molecular weight excluding hydrogens is 154 g/mol. The van der Waals surface area contributed by atoms with E-state index in [-0.39, 0.29) is 0 Å². The minimum atomic E-state index is 0.646. The second-order valence-electron chi connectivity index (χ2n) is 2.89. The van der Waals surface area contributed by atoms with Crippen molar-refractivity contribution in [2.24, 2.45) is 16.1 Å². The molecule has 1 N–H and O–H groups in total. The molecule has 0 aromatic rings. The maximum absolute atomic E-state index is 5.02. The molecule has 4 heteroatoms. The van der Waals surface area contributed by atoms with Crippen LogP contribution in [0.5, 0.6) is 0 Å². The Labute approximate surface area is 72.7 Å². The normalized spacial score (nSPS) is 19.7. The van der Waals surface area contributed by atoms with Crippen molar-refractivity contribution >= 4 is 13.1 Å². The first-order valence-electron chi connectivity index (χ1n) is 4.24. The lowest BCUT2D eigenvalue weighted by Gasteiger charge is -2.20. The minimum absolute atomic E-state index is 0.646. The molecule has 0 aromatic heterocycles. The van der Waals surface area contributed by atoms with Crippen LogP contribution < -0.4 is 5.32 Å². The molecule has 0 atom stereocenters. The summed E-state index contributed by atoms with van der Waals surface area (Å²) >= 11 is 0. The van der Waals surface area contributed by atoms with Crippen LogP contribution in [0.4, 0.5) is 0 Å². The number of rotatable bonds is 4. The molecule has 0 aliphatic carbocycles. The van der Waals surface area contributed by atoms with Gasteiger partial charge in [-0.25, -0.2) is 4.99 Å². The highest BCUT2D eigenvalue weighted by atomic mass is 16.6. The van der Waals surface area contributed by atoms with Crippen molar-refractivity contribution in [1.29, 1.82) is 0 Å². The molecule has 0 amide bonds. The predicted molar refractivity (Wildman–Crippen MR) is 49.6 cm³/mol. The highest BCUT2D eigenvalue weighted by molar-refractivity contribution is 5.61. The van der Waals surface area contributed by atoms with Crippen molar-refractivity contribution in [1.82, 2.24) is 5.32 Å². The Bertz CT molecular complexity index is 152. The molecule has 1 fully saturated rings. The summed E-state index contributed by atoms with van der Waals surface area (Å²) in [7, 11) is 0. The van der Waals surface area contributed by atoms with Crippen molar-refractivity contribution in [3.8, 4) is 0 Å². The van der Waals surface area contributed by atoms with Gasteiger partial charge < -0.3 is 10.2 Å². The van der Waals surface area contributed by atoms with E-state index < -0.39 is 0 Å². The zero-order chi connectivity index (χ0) is 8.65. The van der Waals surface area contributed by atoms with Gasteiger partial charge in [0.05, 0.1) is 0 Å². The third-order valence-electron chi connectivity index (χ3n) is 1.97. The van der Waals surface area contributed by atoms with E-state index in [2.05, 4.69) is 22.2 Å². The van der Waals surface area contributed by atoms with Crippen LogP contribution >= 0.6 is 0 Å². The van der Waals surface area contributed by atoms with Crippen LogP contribution in [0.15, 0.2) is 10.1 Å². The fourth-order valence-electron chi connectivity index (χ4n) is 1.26. The number of piperidine rings is 1. The molecule has 1 saturated heterocycles. The smallest absolute Gasteiger partial charge is 0.154 e. The van der Waals surface area contributed by atoms with Gasteiger partial charge in [-0.2, -0.15) is 0 Å². The van der Waals surface area contributed by atoms with Crippen LogP contribution in [0.1, 0.15) is 12.8 Å². The van der Waals surface area contributed by atoms with Gasteiger partial charge in [0.15, 0.2) is 6.34 Å². The third kappa shape index (κ3) is 3.48. The van der Waals surface area contributed by atoms with Crippen molar-refractivity contribution in [2.45, 2.75) is 12.8 Å². The van der Waals surface area contributed by atoms with E-state index in [0.29, 0.717) is 12.5 Å². The van der Waals surface area contributed by atoms with Gasteiger partial charge in [-0.05, 0) is 38.6 Å². The summed E-state index contributed by atoms with van der Waals surface area (Å²) in [4.78, 5) is 8.46. The molecule has 12 heavy (non-hydrogen) atoms. The summed E-state index contributed by atoms with van der Waals surface area (Å²) in [6.45, 7) is 6.15. The SMILES string of the molecule is C=N/C=N\OCC1CCNCC1. The quantitative estimate of drug-likeness (QED) is 0.381. The first-order chi connectivity index (χ1) is 5.93. The average molecular weight is 169 g/mol. The van der Waals surface area contributed by atoms with Gasteiger partial charge in [-0.15, -0.1) is 0 Å². The monoisotopic (exact) mass is 169 g/mol. The number of nitrogens with zero attached hydrogens (tertiary/aromatic N) is 2. The molecule has 0 radical (unpaired) electrons. The van der Waals surface area contributed by atoms with Crippen LogP contribution in [0.3, 0.4) is 0 Å². The average Bonchev–Trinajstić information content (AvgIpc) is 2.14. The van der Waals surface area contributed by atoms with Gasteiger partial charge in [0.2, 0.25) is 0 Å². The Balaban J connectivity index is 2.05. The van der Waals surface area contributed by atoms with E-state index in [0.717, 1.165) is 13.1 Å². The Morgan fingerprint density at radius 2 is 2.25 bits per heavy atom. The van der Waals surface area contributed by atoms with Crippen molar-refractivity contribution in [2.75, 3.05) is 19.7 Å². The predicted octanol–water partition coefficient (Wildman–Crippen LogP) is 0.647. The number of oxime groups is 1. The largest absolute Gasteiger partial charge is 0.394 e. The van der Waals surface area contributed by atoms with Crippen LogP contribution in [0.2, 0.25) is 0 Å². The number of nitrogens with one attached hydrogen (secondary N) is 1. The van der Waals surface area contributed by atoms with Gasteiger partial charge >= 0.3 is 0 Å². The molecule has 1 rings (SSSR count). The van der Waals surface area contributed by atoms with E-state index in [4.69, 9.17) is 4.84 Å². The van der Waals surface area contributed by atoms with Crippen LogP contribution in [-0.2, 0) is 4.84 Å². The Morgan fingerprint density at radius 3 is 2.92 bits per heavy atom. The first kappa shape index (κ1) is 9.19. The Hall–Kier alpha value is -0.900. The first-order valence-corrected chi connectivity index (χ1v) is 4.24. The van der Waals surface area contributed by atoms with Crippen LogP contribution in [-0.4, -0.2) is 32.8 Å². The number of hydrogen-bond acceptors (Lipinski definition) is 3. The molecule has 68 valence electrons. The summed E-state index contributed by atoms with van der Waals surface area (Å²) in [5.41, 5.74) is 0. The maximum atomic E-state index is 5.02. The fourth-order valence-corrected chi connectivity index (χ4v) is 1.26. The second-order valence-corrected chi connectivity index (χ2v) is 2.89. The second kappa shape index (κ2) is 5.71. The zero-order valence-electron chi connectivity index (χ0n) is 7.20. The van der Waals surface area contributed by atoms with Crippen LogP contribution in [0, 0.1) is 5.92 Å². The molecule has 1 heterocycles. The fraction of sp³-hybridized carbons (Fsp3) is 0.750. The molecule has 0 aromatic carbocycles. The standard InChI is InChI=1S/C8H15N3O/c1-9-7-11-12-6-8-2-4-10-5-3-8/h7-8,10H,1-6H2/b11-7-. The highest BCUT2D eigenvalue weighted by Crippen LogP contribution is 2.11. The molecular formula is C8H15N3O. The molecule has 0 saturated carbocycles. The molecule has 1 aliphatic rings. The third-order valence-corrected chi connectivity index (χ3v) is 1.97. The zero-order valence-corrected chi connectivity index (χ0v) is 7.20. The summed E-state index contributed by atoms with van der Waals surface area (Å²) in [6.07, 6.45) is 3.68. The summed E-state index contributed by atoms with van der Waals surface area (Å²) in [5.74, 6) is 0.646. The molecule has 0 unspecified atom stereocenters. The lowest BCUT2D eigenvalue weighted by molar-refractivity contribution is 0.0953. The van der Waals surface area contributed by atoms with Gasteiger partial charge in [-0.1, -0.05) is 5.16 Å². The van der Waals surface area contributed by atoms with Crippen molar-refractivity contribution in [3.63, 3.8) is 0 Å². The summed E-state index contributed by atoms with van der Waals surface area (Å²) in [6, 6.07) is 0. The van der Waals surface area contributed by atoms with E-state index in [1.165, 1.54) is 19.2 Å². The van der Waals surface area contributed by atoms with E-state index >= 15 is 0 Å². The van der Waals surface area contributed by atoms with Gasteiger partial charge in [0, 0.05) is 0 Å². The molecule has 1 aliphatic heterocycles. The summed E-state index contributed by atoms with van der Waals surface area (Å²) in [5, 5.41) is 6.90. The lowest BCUT2D eigenvalue weighted by atomic mass is 10.00. The van der Waals surface area contributed by atoms with E-state index in [9.17, 15) is 0 Å². The molecule has 0 bridgehead atoms. The highest BCUT2D eigenvalue weighted by Gasteiger charge is 2.12. The molecule has 0 spiro atoms. The molecule has 4 nitrogen and oxygen atoms in total. The van der Waals surface area contributed by atoms with E-state index in [1.807, 2.05) is 0 Å². The van der Waals surface area contributed by atoms with E-state index in [1.54, 1.807) is 0 Å². The van der Waals surface area contributed by atoms with Gasteiger partial charge in [-0.3, -0.25) is 0 Å². The van der Waals surface area contributed by atoms with Crippen LogP contribution in [0.25, 0.3) is 0 Å². The Kier molecular flexibility index (Phi) is 4.37. The van der Waals surface area contributed by atoms with Gasteiger partial charge in [0.1, 0.15) is 6.61 Å². The van der Waals surface area contributed by atoms with Gasteiger partial charge in [0.25, 0.3) is 0 Å². The summed E-state index contributed by atoms with van der Waals surface area (Å²) < 4.78 is 0. The number of hydrogen-bond donors (Lipinski definition) is 1. The maximum Gasteiger partial charge on any atom is 0.154 e. The Morgan fingerprint density at radius 1 is 1.50 bits per heavy atom.